The Labute approximate surface area is 183 Å². The number of carbonyl (C=O) groups is 1. The second kappa shape index (κ2) is 7.46. The van der Waals surface area contributed by atoms with E-state index < -0.39 is 0 Å². The first-order valence-electron chi connectivity index (χ1n) is 10.2. The molecule has 0 radical (unpaired) electrons. The third-order valence-electron chi connectivity index (χ3n) is 5.72. The molecule has 32 heavy (non-hydrogen) atoms. The number of anilines is 1. The van der Waals surface area contributed by atoms with E-state index in [9.17, 15) is 9.59 Å². The zero-order chi connectivity index (χ0) is 22.4. The van der Waals surface area contributed by atoms with E-state index in [0.29, 0.717) is 16.9 Å². The van der Waals surface area contributed by atoms with Crippen LogP contribution in [0.2, 0.25) is 0 Å². The third kappa shape index (κ3) is 3.24. The Balaban J connectivity index is 1.56. The quantitative estimate of drug-likeness (QED) is 0.451. The van der Waals surface area contributed by atoms with Crippen molar-refractivity contribution in [3.8, 4) is 11.1 Å². The maximum Gasteiger partial charge on any atom is 0.276 e. The van der Waals surface area contributed by atoms with Crippen molar-refractivity contribution in [1.82, 2.24) is 19.7 Å². The average Bonchev–Trinajstić information content (AvgIpc) is 3.22. The molecule has 5 rings (SSSR count). The van der Waals surface area contributed by atoms with Gasteiger partial charge in [-0.1, -0.05) is 24.3 Å². The molecule has 7 heteroatoms. The Bertz CT molecular complexity index is 1580. The van der Waals surface area contributed by atoms with Crippen molar-refractivity contribution in [2.75, 3.05) is 5.32 Å². The molecular weight excluding hydrogens is 402 g/mol. The molecule has 0 aliphatic heterocycles. The summed E-state index contributed by atoms with van der Waals surface area (Å²) in [6.45, 7) is 3.84. The van der Waals surface area contributed by atoms with Gasteiger partial charge in [0.2, 0.25) is 0 Å². The van der Waals surface area contributed by atoms with Crippen LogP contribution in [-0.2, 0) is 7.05 Å². The minimum Gasteiger partial charge on any atom is -0.321 e. The SMILES string of the molecule is Cc1cc2c(cn1)cc(-c1cc(NC(=O)c3n[nH]c4ccccc34)ccc1C)c(=O)n2C. The molecule has 1 amide bonds. The van der Waals surface area contributed by atoms with Gasteiger partial charge >= 0.3 is 0 Å². The number of amides is 1. The Morgan fingerprint density at radius 2 is 1.84 bits per heavy atom. The van der Waals surface area contributed by atoms with Crippen LogP contribution in [0.25, 0.3) is 32.9 Å². The number of aryl methyl sites for hydroxylation is 3. The number of benzene rings is 2. The fraction of sp³-hybridized carbons (Fsp3) is 0.120. The van der Waals surface area contributed by atoms with E-state index in [-0.39, 0.29) is 11.5 Å². The summed E-state index contributed by atoms with van der Waals surface area (Å²) in [6, 6.07) is 16.8. The average molecular weight is 423 g/mol. The first-order chi connectivity index (χ1) is 15.4. The highest BCUT2D eigenvalue weighted by atomic mass is 16.2. The van der Waals surface area contributed by atoms with Crippen LogP contribution in [0.15, 0.2) is 65.6 Å². The molecule has 0 saturated carbocycles. The minimum absolute atomic E-state index is 0.104. The smallest absolute Gasteiger partial charge is 0.276 e. The van der Waals surface area contributed by atoms with Gasteiger partial charge in [-0.15, -0.1) is 0 Å². The van der Waals surface area contributed by atoms with E-state index in [1.54, 1.807) is 17.8 Å². The lowest BCUT2D eigenvalue weighted by molar-refractivity contribution is 0.102. The van der Waals surface area contributed by atoms with Crippen LogP contribution in [0.4, 0.5) is 5.69 Å². The van der Waals surface area contributed by atoms with Gasteiger partial charge in [-0.3, -0.25) is 19.7 Å². The maximum atomic E-state index is 13.2. The highest BCUT2D eigenvalue weighted by molar-refractivity contribution is 6.11. The van der Waals surface area contributed by atoms with Gasteiger partial charge in [0.25, 0.3) is 11.5 Å². The van der Waals surface area contributed by atoms with Gasteiger partial charge in [-0.2, -0.15) is 5.10 Å². The molecule has 3 aromatic heterocycles. The Kier molecular flexibility index (Phi) is 4.59. The summed E-state index contributed by atoms with van der Waals surface area (Å²) in [7, 11) is 1.76. The van der Waals surface area contributed by atoms with Crippen molar-refractivity contribution < 1.29 is 4.79 Å². The van der Waals surface area contributed by atoms with Gasteiger partial charge in [0.1, 0.15) is 0 Å². The van der Waals surface area contributed by atoms with E-state index >= 15 is 0 Å². The number of fused-ring (bicyclic) bond motifs is 2. The van der Waals surface area contributed by atoms with Gasteiger partial charge in [0, 0.05) is 41.0 Å². The third-order valence-corrected chi connectivity index (χ3v) is 5.72. The monoisotopic (exact) mass is 423 g/mol. The molecule has 0 atom stereocenters. The van der Waals surface area contributed by atoms with Gasteiger partial charge in [-0.05, 0) is 55.3 Å². The van der Waals surface area contributed by atoms with Crippen LogP contribution in [0.5, 0.6) is 0 Å². The Morgan fingerprint density at radius 3 is 2.69 bits per heavy atom. The number of nitrogens with one attached hydrogen (secondary N) is 2. The minimum atomic E-state index is -0.316. The number of H-pyrrole nitrogens is 1. The molecule has 0 aliphatic carbocycles. The summed E-state index contributed by atoms with van der Waals surface area (Å²) in [6.07, 6.45) is 1.78. The fourth-order valence-corrected chi connectivity index (χ4v) is 3.97. The van der Waals surface area contributed by atoms with Gasteiger partial charge in [0.05, 0.1) is 11.0 Å². The summed E-state index contributed by atoms with van der Waals surface area (Å²) in [5.41, 5.74) is 5.55. The van der Waals surface area contributed by atoms with Crippen molar-refractivity contribution in [3.05, 3.63) is 88.1 Å². The normalized spacial score (nSPS) is 11.2. The van der Waals surface area contributed by atoms with Gasteiger partial charge in [-0.25, -0.2) is 0 Å². The molecule has 5 aromatic rings. The standard InChI is InChI=1S/C25H21N5O2/c1-14-8-9-17(27-24(31)23-18-6-4-5-7-21(18)28-29-23)12-19(14)20-11-16-13-26-15(2)10-22(16)30(3)25(20)32/h4-13H,1-3H3,(H,27,31)(H,28,29). The number of aromatic amines is 1. The number of hydrogen-bond acceptors (Lipinski definition) is 4. The largest absolute Gasteiger partial charge is 0.321 e. The molecule has 0 bridgehead atoms. The number of nitrogens with zero attached hydrogens (tertiary/aromatic N) is 3. The molecule has 158 valence electrons. The van der Waals surface area contributed by atoms with Crippen LogP contribution in [-0.4, -0.2) is 25.7 Å². The summed E-state index contributed by atoms with van der Waals surface area (Å²) in [5.74, 6) is -0.316. The second-order valence-electron chi connectivity index (χ2n) is 7.91. The predicted molar refractivity (Wildman–Crippen MR) is 126 cm³/mol. The predicted octanol–water partition coefficient (Wildman–Crippen LogP) is 4.35. The van der Waals surface area contributed by atoms with Crippen molar-refractivity contribution in [2.24, 2.45) is 7.05 Å². The molecule has 0 fully saturated rings. The number of pyridine rings is 2. The number of hydrogen-bond donors (Lipinski definition) is 2. The maximum absolute atomic E-state index is 13.2. The lowest BCUT2D eigenvalue weighted by atomic mass is 9.99. The molecule has 3 heterocycles. The first-order valence-corrected chi connectivity index (χ1v) is 10.2. The molecule has 0 saturated heterocycles. The van der Waals surface area contributed by atoms with E-state index in [1.165, 1.54) is 0 Å². The topological polar surface area (TPSA) is 92.7 Å². The number of para-hydroxylation sites is 1. The Hall–Kier alpha value is -4.26. The highest BCUT2D eigenvalue weighted by Gasteiger charge is 2.16. The van der Waals surface area contributed by atoms with E-state index in [4.69, 9.17) is 0 Å². The van der Waals surface area contributed by atoms with E-state index in [1.807, 2.05) is 68.4 Å². The number of carbonyl (C=O) groups excluding carboxylic acids is 1. The summed E-state index contributed by atoms with van der Waals surface area (Å²) >= 11 is 0. The highest BCUT2D eigenvalue weighted by Crippen LogP contribution is 2.27. The van der Waals surface area contributed by atoms with Crippen molar-refractivity contribution in [3.63, 3.8) is 0 Å². The molecular formula is C25H21N5O2. The summed E-state index contributed by atoms with van der Waals surface area (Å²) in [5, 5.41) is 11.6. The first kappa shape index (κ1) is 19.7. The molecule has 0 aliphatic rings. The van der Waals surface area contributed by atoms with Crippen LogP contribution in [0, 0.1) is 13.8 Å². The summed E-state index contributed by atoms with van der Waals surface area (Å²) in [4.78, 5) is 30.4. The van der Waals surface area contributed by atoms with Gasteiger partial charge < -0.3 is 9.88 Å². The molecule has 0 unspecified atom stereocenters. The Morgan fingerprint density at radius 1 is 1.03 bits per heavy atom. The van der Waals surface area contributed by atoms with Crippen LogP contribution < -0.4 is 10.9 Å². The van der Waals surface area contributed by atoms with Gasteiger partial charge in [0.15, 0.2) is 5.69 Å². The molecule has 2 aromatic carbocycles. The van der Waals surface area contributed by atoms with Crippen LogP contribution >= 0.6 is 0 Å². The second-order valence-corrected chi connectivity index (χ2v) is 7.91. The lowest BCUT2D eigenvalue weighted by Crippen LogP contribution is -2.19. The fourth-order valence-electron chi connectivity index (χ4n) is 3.97. The number of rotatable bonds is 3. The lowest BCUT2D eigenvalue weighted by Gasteiger charge is -2.13. The number of aromatic nitrogens is 4. The summed E-state index contributed by atoms with van der Waals surface area (Å²) < 4.78 is 1.64. The zero-order valence-electron chi connectivity index (χ0n) is 17.9. The molecule has 2 N–H and O–H groups in total. The zero-order valence-corrected chi connectivity index (χ0v) is 17.9. The molecule has 7 nitrogen and oxygen atoms in total. The van der Waals surface area contributed by atoms with E-state index in [0.717, 1.165) is 38.6 Å². The van der Waals surface area contributed by atoms with Crippen molar-refractivity contribution in [1.29, 1.82) is 0 Å². The van der Waals surface area contributed by atoms with Crippen LogP contribution in [0.3, 0.4) is 0 Å². The van der Waals surface area contributed by atoms with Crippen LogP contribution in [0.1, 0.15) is 21.7 Å². The molecule has 0 spiro atoms. The van der Waals surface area contributed by atoms with E-state index in [2.05, 4.69) is 20.5 Å². The van der Waals surface area contributed by atoms with Crippen molar-refractivity contribution >= 4 is 33.4 Å². The van der Waals surface area contributed by atoms with Crippen molar-refractivity contribution in [2.45, 2.75) is 13.8 Å².